The third kappa shape index (κ3) is 3.77. The third-order valence-corrected chi connectivity index (χ3v) is 3.51. The van der Waals surface area contributed by atoms with Gasteiger partial charge in [0.25, 0.3) is 0 Å². The smallest absolute Gasteiger partial charge is 0.0983 e. The number of pyridine rings is 1. The molecule has 4 nitrogen and oxygen atoms in total. The highest BCUT2D eigenvalue weighted by atomic mass is 16.5. The predicted octanol–water partition coefficient (Wildman–Crippen LogP) is 1.14. The molecule has 0 saturated carbocycles. The van der Waals surface area contributed by atoms with Crippen LogP contribution in [0.4, 0.5) is 0 Å². The Morgan fingerprint density at radius 2 is 2.28 bits per heavy atom. The van der Waals surface area contributed by atoms with Crippen molar-refractivity contribution in [2.45, 2.75) is 37.9 Å². The van der Waals surface area contributed by atoms with E-state index in [2.05, 4.69) is 10.3 Å². The van der Waals surface area contributed by atoms with Crippen molar-refractivity contribution in [3.8, 4) is 0 Å². The van der Waals surface area contributed by atoms with Crippen molar-refractivity contribution in [2.75, 3.05) is 19.7 Å². The van der Waals surface area contributed by atoms with Gasteiger partial charge < -0.3 is 15.2 Å². The molecule has 0 aliphatic carbocycles. The zero-order valence-corrected chi connectivity index (χ0v) is 10.9. The van der Waals surface area contributed by atoms with E-state index >= 15 is 0 Å². The second-order valence-corrected chi connectivity index (χ2v) is 5.13. The van der Waals surface area contributed by atoms with E-state index in [9.17, 15) is 5.11 Å². The number of aromatic nitrogens is 1. The van der Waals surface area contributed by atoms with Crippen LogP contribution in [0.1, 0.15) is 25.3 Å². The summed E-state index contributed by atoms with van der Waals surface area (Å²) in [6, 6.07) is 4.05. The Kier molecular flexibility index (Phi) is 4.69. The van der Waals surface area contributed by atoms with Crippen molar-refractivity contribution in [2.24, 2.45) is 0 Å². The van der Waals surface area contributed by atoms with E-state index in [1.54, 1.807) is 0 Å². The number of nitrogens with one attached hydrogen (secondary N) is 1. The summed E-state index contributed by atoms with van der Waals surface area (Å²) in [5.41, 5.74) is 0.587. The number of rotatable bonds is 5. The van der Waals surface area contributed by atoms with Crippen LogP contribution in [-0.2, 0) is 11.2 Å². The first-order valence-electron chi connectivity index (χ1n) is 6.62. The van der Waals surface area contributed by atoms with Crippen molar-refractivity contribution in [3.63, 3.8) is 0 Å². The molecule has 0 aromatic carbocycles. The molecule has 1 aliphatic rings. The fraction of sp³-hybridized carbons (Fsp3) is 0.643. The summed E-state index contributed by atoms with van der Waals surface area (Å²) in [6.45, 7) is 4.15. The maximum Gasteiger partial charge on any atom is 0.0983 e. The quantitative estimate of drug-likeness (QED) is 0.770. The molecule has 2 rings (SSSR count). The third-order valence-electron chi connectivity index (χ3n) is 3.51. The van der Waals surface area contributed by atoms with Crippen molar-refractivity contribution in [1.82, 2.24) is 10.3 Å². The lowest BCUT2D eigenvalue weighted by Crippen LogP contribution is -2.53. The minimum Gasteiger partial charge on any atom is -0.387 e. The summed E-state index contributed by atoms with van der Waals surface area (Å²) in [5, 5.41) is 13.4. The molecule has 1 aromatic rings. The van der Waals surface area contributed by atoms with Crippen LogP contribution in [0.25, 0.3) is 0 Å². The Hall–Kier alpha value is -0.970. The Morgan fingerprint density at radius 1 is 1.50 bits per heavy atom. The normalized spacial score (nSPS) is 28.2. The molecule has 1 fully saturated rings. The number of hydrogen-bond acceptors (Lipinski definition) is 4. The summed E-state index contributed by atoms with van der Waals surface area (Å²) in [5.74, 6) is 0. The van der Waals surface area contributed by atoms with Crippen LogP contribution < -0.4 is 5.32 Å². The van der Waals surface area contributed by atoms with Gasteiger partial charge >= 0.3 is 0 Å². The molecule has 1 aliphatic heterocycles. The molecule has 2 atom stereocenters. The highest BCUT2D eigenvalue weighted by Gasteiger charge is 2.34. The summed E-state index contributed by atoms with van der Waals surface area (Å²) in [6.07, 6.45) is 6.24. The monoisotopic (exact) mass is 250 g/mol. The summed E-state index contributed by atoms with van der Waals surface area (Å²) >= 11 is 0. The average molecular weight is 250 g/mol. The predicted molar refractivity (Wildman–Crippen MR) is 70.4 cm³/mol. The van der Waals surface area contributed by atoms with Crippen LogP contribution in [0.3, 0.4) is 0 Å². The molecular formula is C14H22N2O2. The van der Waals surface area contributed by atoms with E-state index in [4.69, 9.17) is 4.74 Å². The van der Waals surface area contributed by atoms with Gasteiger partial charge in [-0.15, -0.1) is 0 Å². The molecule has 18 heavy (non-hydrogen) atoms. The Bertz CT molecular complexity index is 354. The Morgan fingerprint density at radius 3 is 3.00 bits per heavy atom. The largest absolute Gasteiger partial charge is 0.387 e. The summed E-state index contributed by atoms with van der Waals surface area (Å²) in [4.78, 5) is 3.99. The lowest BCUT2D eigenvalue weighted by Gasteiger charge is -2.37. The number of aliphatic hydroxyl groups is 1. The van der Waals surface area contributed by atoms with Gasteiger partial charge in [-0.3, -0.25) is 4.98 Å². The molecule has 2 unspecified atom stereocenters. The molecule has 1 saturated heterocycles. The van der Waals surface area contributed by atoms with Crippen molar-refractivity contribution < 1.29 is 9.84 Å². The average Bonchev–Trinajstić information content (AvgIpc) is 2.37. The van der Waals surface area contributed by atoms with Crippen LogP contribution in [0.2, 0.25) is 0 Å². The number of ether oxygens (including phenoxy) is 1. The molecule has 2 heterocycles. The lowest BCUT2D eigenvalue weighted by atomic mass is 9.92. The van der Waals surface area contributed by atoms with E-state index in [-0.39, 0.29) is 6.10 Å². The van der Waals surface area contributed by atoms with E-state index in [0.29, 0.717) is 6.61 Å². The second-order valence-electron chi connectivity index (χ2n) is 5.13. The molecule has 0 spiro atoms. The van der Waals surface area contributed by atoms with Crippen molar-refractivity contribution >= 4 is 0 Å². The molecule has 2 N–H and O–H groups in total. The van der Waals surface area contributed by atoms with Crippen molar-refractivity contribution in [3.05, 3.63) is 30.1 Å². The Labute approximate surface area is 108 Å². The van der Waals surface area contributed by atoms with Gasteiger partial charge in [-0.05, 0) is 50.4 Å². The number of aryl methyl sites for hydroxylation is 1. The van der Waals surface area contributed by atoms with Gasteiger partial charge in [0.2, 0.25) is 0 Å². The van der Waals surface area contributed by atoms with Gasteiger partial charge in [0, 0.05) is 25.5 Å². The lowest BCUT2D eigenvalue weighted by molar-refractivity contribution is -0.113. The molecule has 4 heteroatoms. The van der Waals surface area contributed by atoms with E-state index in [0.717, 1.165) is 32.4 Å². The number of hydrogen-bond donors (Lipinski definition) is 2. The fourth-order valence-electron chi connectivity index (χ4n) is 2.25. The first-order chi connectivity index (χ1) is 8.68. The molecule has 0 bridgehead atoms. The second kappa shape index (κ2) is 6.27. The summed E-state index contributed by atoms with van der Waals surface area (Å²) in [7, 11) is 0. The maximum atomic E-state index is 10.2. The minimum absolute atomic E-state index is 0.0938. The van der Waals surface area contributed by atoms with Gasteiger partial charge in [-0.1, -0.05) is 0 Å². The van der Waals surface area contributed by atoms with Crippen LogP contribution in [0.15, 0.2) is 24.5 Å². The van der Waals surface area contributed by atoms with Gasteiger partial charge in [-0.25, -0.2) is 0 Å². The van der Waals surface area contributed by atoms with E-state index < -0.39 is 5.60 Å². The van der Waals surface area contributed by atoms with Crippen LogP contribution >= 0.6 is 0 Å². The highest BCUT2D eigenvalue weighted by molar-refractivity contribution is 5.09. The first-order valence-corrected chi connectivity index (χ1v) is 6.62. The Balaban J connectivity index is 1.69. The standard InChI is InChI=1S/C14H22N2O2/c1-14(17)6-9-16-11-13(14)18-10-2-3-12-4-7-15-8-5-12/h4-5,7-8,13,16-17H,2-3,6,9-11H2,1H3. The highest BCUT2D eigenvalue weighted by Crippen LogP contribution is 2.20. The zero-order chi connectivity index (χ0) is 12.8. The molecule has 100 valence electrons. The van der Waals surface area contributed by atoms with Crippen LogP contribution in [0, 0.1) is 0 Å². The molecule has 0 amide bonds. The number of nitrogens with zero attached hydrogens (tertiary/aromatic N) is 1. The molecule has 1 aromatic heterocycles. The summed E-state index contributed by atoms with van der Waals surface area (Å²) < 4.78 is 5.79. The SMILES string of the molecule is CC1(O)CCNCC1OCCCc1ccncc1. The van der Waals surface area contributed by atoms with E-state index in [1.165, 1.54) is 5.56 Å². The molecule has 0 radical (unpaired) electrons. The van der Waals surface area contributed by atoms with Gasteiger partial charge in [0.15, 0.2) is 0 Å². The van der Waals surface area contributed by atoms with Gasteiger partial charge in [-0.2, -0.15) is 0 Å². The molecular weight excluding hydrogens is 228 g/mol. The van der Waals surface area contributed by atoms with Gasteiger partial charge in [0.1, 0.15) is 0 Å². The van der Waals surface area contributed by atoms with Crippen molar-refractivity contribution in [1.29, 1.82) is 0 Å². The first kappa shape index (κ1) is 13.5. The van der Waals surface area contributed by atoms with Crippen LogP contribution in [-0.4, -0.2) is 41.5 Å². The van der Waals surface area contributed by atoms with Gasteiger partial charge in [0.05, 0.1) is 11.7 Å². The topological polar surface area (TPSA) is 54.4 Å². The van der Waals surface area contributed by atoms with Crippen LogP contribution in [0.5, 0.6) is 0 Å². The minimum atomic E-state index is -0.693. The zero-order valence-electron chi connectivity index (χ0n) is 10.9. The maximum absolute atomic E-state index is 10.2. The number of piperidine rings is 1. The fourth-order valence-corrected chi connectivity index (χ4v) is 2.25. The van der Waals surface area contributed by atoms with E-state index in [1.807, 2.05) is 31.5 Å².